The molecule has 1 fully saturated rings. The maximum absolute atomic E-state index is 8.97. The maximum Gasteiger partial charge on any atom is 0.106 e. The van der Waals surface area contributed by atoms with Crippen LogP contribution in [0, 0.1) is 17.2 Å². The van der Waals surface area contributed by atoms with Crippen LogP contribution in [0.15, 0.2) is 24.3 Å². The van der Waals surface area contributed by atoms with Crippen molar-refractivity contribution >= 4 is 5.69 Å². The molecule has 1 heterocycles. The van der Waals surface area contributed by atoms with Crippen LogP contribution < -0.4 is 4.90 Å². The summed E-state index contributed by atoms with van der Waals surface area (Å²) in [5, 5.41) is 8.97. The molecule has 0 saturated heterocycles. The number of anilines is 1. The molecule has 0 N–H and O–H groups in total. The van der Waals surface area contributed by atoms with Gasteiger partial charge in [0.05, 0.1) is 6.07 Å². The van der Waals surface area contributed by atoms with Gasteiger partial charge in [0.1, 0.15) is 6.54 Å². The summed E-state index contributed by atoms with van der Waals surface area (Å²) in [5.74, 6) is 0.781. The van der Waals surface area contributed by atoms with Crippen molar-refractivity contribution in [3.63, 3.8) is 0 Å². The first-order chi connectivity index (χ1) is 7.90. The molecule has 1 aromatic rings. The Morgan fingerprint density at radius 3 is 3.06 bits per heavy atom. The van der Waals surface area contributed by atoms with Crippen molar-refractivity contribution < 1.29 is 0 Å². The largest absolute Gasteiger partial charge is 0.355 e. The highest BCUT2D eigenvalue weighted by molar-refractivity contribution is 5.57. The normalized spacial score (nSPS) is 27.1. The Kier molecular flexibility index (Phi) is 2.32. The molecule has 82 valence electrons. The van der Waals surface area contributed by atoms with Crippen LogP contribution in [0.3, 0.4) is 0 Å². The average molecular weight is 212 g/mol. The molecule has 1 saturated carbocycles. The second kappa shape index (κ2) is 3.83. The monoisotopic (exact) mass is 212 g/mol. The van der Waals surface area contributed by atoms with Crippen molar-refractivity contribution in [3.05, 3.63) is 29.8 Å². The molecule has 1 aliphatic carbocycles. The summed E-state index contributed by atoms with van der Waals surface area (Å²) in [6.45, 7) is 0.540. The summed E-state index contributed by atoms with van der Waals surface area (Å²) < 4.78 is 0. The lowest BCUT2D eigenvalue weighted by molar-refractivity contribution is 0.435. The highest BCUT2D eigenvalue weighted by Gasteiger charge is 2.36. The minimum Gasteiger partial charge on any atom is -0.355 e. The van der Waals surface area contributed by atoms with Gasteiger partial charge in [-0.05, 0) is 36.8 Å². The van der Waals surface area contributed by atoms with Crippen molar-refractivity contribution in [1.29, 1.82) is 5.26 Å². The van der Waals surface area contributed by atoms with Crippen LogP contribution in [0.2, 0.25) is 0 Å². The van der Waals surface area contributed by atoms with Gasteiger partial charge < -0.3 is 4.90 Å². The molecular weight excluding hydrogens is 196 g/mol. The number of hydrogen-bond donors (Lipinski definition) is 0. The SMILES string of the molecule is N#CCN1c2ccccc2CC2CCCC21. The van der Waals surface area contributed by atoms with Gasteiger partial charge in [0.2, 0.25) is 0 Å². The number of para-hydroxylation sites is 1. The highest BCUT2D eigenvalue weighted by atomic mass is 15.2. The molecule has 1 aromatic carbocycles. The third-order valence-corrected chi connectivity index (χ3v) is 4.04. The fourth-order valence-corrected chi connectivity index (χ4v) is 3.37. The maximum atomic E-state index is 8.97. The van der Waals surface area contributed by atoms with E-state index < -0.39 is 0 Å². The number of fused-ring (bicyclic) bond motifs is 2. The van der Waals surface area contributed by atoms with Crippen molar-refractivity contribution in [2.75, 3.05) is 11.4 Å². The Morgan fingerprint density at radius 2 is 2.19 bits per heavy atom. The number of benzene rings is 1. The summed E-state index contributed by atoms with van der Waals surface area (Å²) in [4.78, 5) is 2.33. The summed E-state index contributed by atoms with van der Waals surface area (Å²) >= 11 is 0. The van der Waals surface area contributed by atoms with Gasteiger partial charge in [-0.15, -0.1) is 0 Å². The molecule has 1 aliphatic heterocycles. The minimum absolute atomic E-state index is 0.540. The molecule has 0 spiro atoms. The van der Waals surface area contributed by atoms with E-state index in [0.29, 0.717) is 12.6 Å². The average Bonchev–Trinajstić information content (AvgIpc) is 2.77. The number of nitriles is 1. The van der Waals surface area contributed by atoms with Crippen LogP contribution >= 0.6 is 0 Å². The Hall–Kier alpha value is -1.49. The van der Waals surface area contributed by atoms with Gasteiger partial charge in [0.15, 0.2) is 0 Å². The highest BCUT2D eigenvalue weighted by Crippen LogP contribution is 2.41. The predicted molar refractivity (Wildman–Crippen MR) is 64.2 cm³/mol. The van der Waals surface area contributed by atoms with E-state index in [1.165, 1.54) is 36.9 Å². The van der Waals surface area contributed by atoms with Gasteiger partial charge in [0, 0.05) is 11.7 Å². The lowest BCUT2D eigenvalue weighted by Gasteiger charge is -2.39. The molecule has 0 amide bonds. The van der Waals surface area contributed by atoms with E-state index in [1.54, 1.807) is 0 Å². The Balaban J connectivity index is 2.02. The van der Waals surface area contributed by atoms with Gasteiger partial charge in [-0.2, -0.15) is 5.26 Å². The summed E-state index contributed by atoms with van der Waals surface area (Å²) in [6, 6.07) is 11.5. The zero-order valence-electron chi connectivity index (χ0n) is 9.39. The number of rotatable bonds is 1. The third kappa shape index (κ3) is 1.39. The fraction of sp³-hybridized carbons (Fsp3) is 0.500. The molecule has 0 aromatic heterocycles. The van der Waals surface area contributed by atoms with Crippen LogP contribution in [0.5, 0.6) is 0 Å². The smallest absolute Gasteiger partial charge is 0.106 e. The molecular formula is C14H16N2. The van der Waals surface area contributed by atoms with E-state index in [9.17, 15) is 0 Å². The molecule has 2 atom stereocenters. The second-order valence-corrected chi connectivity index (χ2v) is 4.88. The van der Waals surface area contributed by atoms with Crippen molar-refractivity contribution in [3.8, 4) is 6.07 Å². The van der Waals surface area contributed by atoms with E-state index in [0.717, 1.165) is 5.92 Å². The van der Waals surface area contributed by atoms with E-state index in [1.807, 2.05) is 0 Å². The second-order valence-electron chi connectivity index (χ2n) is 4.88. The lowest BCUT2D eigenvalue weighted by atomic mass is 9.88. The molecule has 2 nitrogen and oxygen atoms in total. The summed E-state index contributed by atoms with van der Waals surface area (Å²) in [5.41, 5.74) is 2.73. The Bertz CT molecular complexity index is 433. The van der Waals surface area contributed by atoms with Crippen molar-refractivity contribution in [2.45, 2.75) is 31.7 Å². The molecule has 2 heteroatoms. The Labute approximate surface area is 96.5 Å². The fourth-order valence-electron chi connectivity index (χ4n) is 3.37. The number of nitrogens with zero attached hydrogens (tertiary/aromatic N) is 2. The first-order valence-electron chi connectivity index (χ1n) is 6.11. The molecule has 2 unspecified atom stereocenters. The summed E-state index contributed by atoms with van der Waals surface area (Å²) in [6.07, 6.45) is 5.13. The minimum atomic E-state index is 0.540. The van der Waals surface area contributed by atoms with Gasteiger partial charge in [-0.1, -0.05) is 24.6 Å². The van der Waals surface area contributed by atoms with Gasteiger partial charge in [-0.25, -0.2) is 0 Å². The van der Waals surface area contributed by atoms with Crippen LogP contribution in [0.4, 0.5) is 5.69 Å². The molecule has 0 radical (unpaired) electrons. The summed E-state index contributed by atoms with van der Waals surface area (Å²) in [7, 11) is 0. The molecule has 0 bridgehead atoms. The van der Waals surface area contributed by atoms with E-state index in [-0.39, 0.29) is 0 Å². The van der Waals surface area contributed by atoms with Crippen molar-refractivity contribution in [1.82, 2.24) is 0 Å². The molecule has 16 heavy (non-hydrogen) atoms. The van der Waals surface area contributed by atoms with Gasteiger partial charge in [-0.3, -0.25) is 0 Å². The van der Waals surface area contributed by atoms with E-state index >= 15 is 0 Å². The third-order valence-electron chi connectivity index (χ3n) is 4.04. The van der Waals surface area contributed by atoms with Crippen LogP contribution in [0.1, 0.15) is 24.8 Å². The zero-order valence-corrected chi connectivity index (χ0v) is 9.39. The van der Waals surface area contributed by atoms with Gasteiger partial charge >= 0.3 is 0 Å². The van der Waals surface area contributed by atoms with Crippen LogP contribution in [-0.4, -0.2) is 12.6 Å². The van der Waals surface area contributed by atoms with Crippen LogP contribution in [-0.2, 0) is 6.42 Å². The predicted octanol–water partition coefficient (Wildman–Crippen LogP) is 2.74. The van der Waals surface area contributed by atoms with Crippen molar-refractivity contribution in [2.24, 2.45) is 5.92 Å². The standard InChI is InChI=1S/C14H16N2/c15-8-9-16-13-6-2-1-4-11(13)10-12-5-3-7-14(12)16/h1-2,4,6,12,14H,3,5,7,9-10H2. The zero-order chi connectivity index (χ0) is 11.0. The Morgan fingerprint density at radius 1 is 1.31 bits per heavy atom. The van der Waals surface area contributed by atoms with Gasteiger partial charge in [0.25, 0.3) is 0 Å². The molecule has 2 aliphatic rings. The molecule has 3 rings (SSSR count). The van der Waals surface area contributed by atoms with Crippen LogP contribution in [0.25, 0.3) is 0 Å². The van der Waals surface area contributed by atoms with E-state index in [2.05, 4.69) is 35.2 Å². The van der Waals surface area contributed by atoms with E-state index in [4.69, 9.17) is 5.26 Å². The quantitative estimate of drug-likeness (QED) is 0.669. The number of hydrogen-bond acceptors (Lipinski definition) is 2. The lowest BCUT2D eigenvalue weighted by Crippen LogP contribution is -2.42. The topological polar surface area (TPSA) is 27.0 Å². The first-order valence-corrected chi connectivity index (χ1v) is 6.11. The first kappa shape index (κ1) is 9.72.